The molecule has 2 heterocycles. The highest BCUT2D eigenvalue weighted by Gasteiger charge is 2.31. The van der Waals surface area contributed by atoms with Crippen LogP contribution in [-0.4, -0.2) is 32.2 Å². The van der Waals surface area contributed by atoms with Crippen LogP contribution in [0.25, 0.3) is 21.5 Å². The van der Waals surface area contributed by atoms with Crippen LogP contribution in [0.3, 0.4) is 0 Å². The standard InChI is InChI=1S/2C17H11ClF3N3O2/c18-14-13-7-10(4-5-12(13)16(26)24-23-14)15(25)22-8-9-2-1-3-11(6-9)17(19,20)21;18-14-12-5-4-10(7-13(12)16(26)24-23-14)15(25)22-8-9-2-1-3-11(6-9)17(19,20)21/h2*1-7H,8H2,(H,22,25)(H,24,26). The first-order chi connectivity index (χ1) is 24.5. The molecule has 268 valence electrons. The van der Waals surface area contributed by atoms with Gasteiger partial charge in [-0.2, -0.15) is 36.5 Å². The van der Waals surface area contributed by atoms with Gasteiger partial charge >= 0.3 is 12.4 Å². The zero-order chi connectivity index (χ0) is 37.8. The van der Waals surface area contributed by atoms with Crippen molar-refractivity contribution < 1.29 is 35.9 Å². The van der Waals surface area contributed by atoms with Crippen LogP contribution in [0.5, 0.6) is 0 Å². The first kappa shape index (κ1) is 37.5. The minimum atomic E-state index is -4.45. The van der Waals surface area contributed by atoms with Gasteiger partial charge in [-0.05, 0) is 65.7 Å². The van der Waals surface area contributed by atoms with Crippen LogP contribution in [0.1, 0.15) is 43.0 Å². The second-order valence-electron chi connectivity index (χ2n) is 11.0. The molecule has 0 aliphatic rings. The van der Waals surface area contributed by atoms with Crippen LogP contribution in [0, 0.1) is 0 Å². The molecule has 0 spiro atoms. The van der Waals surface area contributed by atoms with E-state index in [1.807, 2.05) is 0 Å². The zero-order valence-corrected chi connectivity index (χ0v) is 27.6. The third kappa shape index (κ3) is 8.94. The number of aromatic nitrogens is 4. The number of benzene rings is 4. The summed E-state index contributed by atoms with van der Waals surface area (Å²) in [5.41, 5.74) is -1.52. The third-order valence-electron chi connectivity index (χ3n) is 7.42. The Labute approximate surface area is 297 Å². The van der Waals surface area contributed by atoms with E-state index >= 15 is 0 Å². The SMILES string of the molecule is O=C(NCc1cccc(C(F)(F)F)c1)c1ccc2c(=O)[nH]nc(Cl)c2c1.O=C(NCc1cccc(C(F)(F)F)c1)c1ccc2c(Cl)n[nH]c(=O)c2c1. The molecule has 4 N–H and O–H groups in total. The minimum absolute atomic E-state index is 0.0344. The fraction of sp³-hybridized carbons (Fsp3) is 0.118. The molecule has 18 heteroatoms. The summed E-state index contributed by atoms with van der Waals surface area (Å²) < 4.78 is 76.3. The van der Waals surface area contributed by atoms with Crippen molar-refractivity contribution in [3.8, 4) is 0 Å². The largest absolute Gasteiger partial charge is 0.416 e. The molecule has 0 aliphatic carbocycles. The summed E-state index contributed by atoms with van der Waals surface area (Å²) >= 11 is 11.8. The number of amides is 2. The van der Waals surface area contributed by atoms with Gasteiger partial charge in [0, 0.05) is 35.0 Å². The van der Waals surface area contributed by atoms with Gasteiger partial charge in [0.1, 0.15) is 0 Å². The van der Waals surface area contributed by atoms with Gasteiger partial charge in [0.05, 0.1) is 21.9 Å². The number of fused-ring (bicyclic) bond motifs is 2. The van der Waals surface area contributed by atoms with Crippen molar-refractivity contribution in [2.45, 2.75) is 25.4 Å². The van der Waals surface area contributed by atoms with Gasteiger partial charge in [-0.15, -0.1) is 0 Å². The number of alkyl halides is 6. The van der Waals surface area contributed by atoms with E-state index in [0.29, 0.717) is 21.9 Å². The Morgan fingerprint density at radius 2 is 1.00 bits per heavy atom. The lowest BCUT2D eigenvalue weighted by molar-refractivity contribution is -0.138. The molecule has 2 amide bonds. The molecule has 6 rings (SSSR count). The van der Waals surface area contributed by atoms with Crippen LogP contribution in [-0.2, 0) is 25.4 Å². The summed E-state index contributed by atoms with van der Waals surface area (Å²) in [7, 11) is 0. The van der Waals surface area contributed by atoms with Gasteiger partial charge in [-0.1, -0.05) is 53.5 Å². The average Bonchev–Trinajstić information content (AvgIpc) is 3.12. The number of nitrogens with zero attached hydrogens (tertiary/aromatic N) is 2. The quantitative estimate of drug-likeness (QED) is 0.134. The number of nitrogens with one attached hydrogen (secondary N) is 4. The number of hydrogen-bond donors (Lipinski definition) is 4. The summed E-state index contributed by atoms with van der Waals surface area (Å²) in [6, 6.07) is 17.9. The van der Waals surface area contributed by atoms with E-state index < -0.39 is 46.4 Å². The van der Waals surface area contributed by atoms with Gasteiger partial charge in [0.2, 0.25) is 0 Å². The fourth-order valence-corrected chi connectivity index (χ4v) is 5.24. The normalized spacial score (nSPS) is 11.5. The molecule has 0 aliphatic heterocycles. The molecule has 4 aromatic carbocycles. The number of rotatable bonds is 6. The Hall–Kier alpha value is -5.74. The number of hydrogen-bond acceptors (Lipinski definition) is 6. The maximum Gasteiger partial charge on any atom is 0.416 e. The van der Waals surface area contributed by atoms with Crippen LogP contribution < -0.4 is 21.8 Å². The molecule has 0 bridgehead atoms. The smallest absolute Gasteiger partial charge is 0.348 e. The molecule has 0 atom stereocenters. The number of aromatic amines is 2. The van der Waals surface area contributed by atoms with Crippen molar-refractivity contribution in [1.29, 1.82) is 0 Å². The molecular weight excluding hydrogens is 741 g/mol. The average molecular weight is 763 g/mol. The lowest BCUT2D eigenvalue weighted by atomic mass is 10.1. The predicted octanol–water partition coefficient (Wildman–Crippen LogP) is 7.05. The highest BCUT2D eigenvalue weighted by Crippen LogP contribution is 2.30. The molecule has 2 aromatic heterocycles. The van der Waals surface area contributed by atoms with Crippen LogP contribution >= 0.6 is 23.2 Å². The highest BCUT2D eigenvalue weighted by molar-refractivity contribution is 6.34. The van der Waals surface area contributed by atoms with Crippen molar-refractivity contribution in [1.82, 2.24) is 31.0 Å². The number of carbonyl (C=O) groups excluding carboxylic acids is 2. The molecule has 0 fully saturated rings. The maximum atomic E-state index is 12.7. The highest BCUT2D eigenvalue weighted by atomic mass is 35.5. The Balaban J connectivity index is 0.000000201. The van der Waals surface area contributed by atoms with E-state index in [9.17, 15) is 45.5 Å². The lowest BCUT2D eigenvalue weighted by Gasteiger charge is -2.10. The second kappa shape index (κ2) is 15.2. The van der Waals surface area contributed by atoms with Crippen molar-refractivity contribution >= 4 is 56.6 Å². The Kier molecular flexibility index (Phi) is 11.0. The Bertz CT molecular complexity index is 2430. The zero-order valence-electron chi connectivity index (χ0n) is 26.0. The number of carbonyl (C=O) groups is 2. The monoisotopic (exact) mass is 762 g/mol. The van der Waals surface area contributed by atoms with E-state index in [1.165, 1.54) is 60.7 Å². The Morgan fingerprint density at radius 3 is 1.48 bits per heavy atom. The third-order valence-corrected chi connectivity index (χ3v) is 8.00. The summed E-state index contributed by atoms with van der Waals surface area (Å²) in [5.74, 6) is -1.04. The Morgan fingerprint density at radius 1 is 0.577 bits per heavy atom. The summed E-state index contributed by atoms with van der Waals surface area (Å²) in [6.45, 7) is -0.170. The summed E-state index contributed by atoms with van der Waals surface area (Å²) in [6.07, 6.45) is -8.90. The van der Waals surface area contributed by atoms with Gasteiger partial charge in [0.15, 0.2) is 10.3 Å². The van der Waals surface area contributed by atoms with Gasteiger partial charge < -0.3 is 10.6 Å². The molecule has 6 aromatic rings. The van der Waals surface area contributed by atoms with Crippen LogP contribution in [0.2, 0.25) is 10.3 Å². The van der Waals surface area contributed by atoms with Crippen molar-refractivity contribution in [2.75, 3.05) is 0 Å². The van der Waals surface area contributed by atoms with Gasteiger partial charge in [-0.25, -0.2) is 10.2 Å². The van der Waals surface area contributed by atoms with Gasteiger partial charge in [-0.3, -0.25) is 19.2 Å². The number of H-pyrrole nitrogens is 2. The minimum Gasteiger partial charge on any atom is -0.348 e. The molecule has 0 saturated heterocycles. The lowest BCUT2D eigenvalue weighted by Crippen LogP contribution is -2.23. The summed E-state index contributed by atoms with van der Waals surface area (Å²) in [5, 5.41) is 18.0. The number of halogens is 8. The van der Waals surface area contributed by atoms with E-state index in [4.69, 9.17) is 23.2 Å². The van der Waals surface area contributed by atoms with Crippen LogP contribution in [0.15, 0.2) is 94.5 Å². The van der Waals surface area contributed by atoms with E-state index in [0.717, 1.165) is 24.3 Å². The van der Waals surface area contributed by atoms with Crippen LogP contribution in [0.4, 0.5) is 26.3 Å². The second-order valence-corrected chi connectivity index (χ2v) is 11.7. The fourth-order valence-electron chi connectivity index (χ4n) is 4.83. The first-order valence-electron chi connectivity index (χ1n) is 14.8. The van der Waals surface area contributed by atoms with E-state index in [2.05, 4.69) is 31.0 Å². The molecule has 0 saturated carbocycles. The topological polar surface area (TPSA) is 150 Å². The maximum absolute atomic E-state index is 12.7. The molecule has 0 radical (unpaired) electrons. The van der Waals surface area contributed by atoms with Crippen molar-refractivity contribution in [3.05, 3.63) is 149 Å². The molecule has 0 unspecified atom stereocenters. The predicted molar refractivity (Wildman–Crippen MR) is 180 cm³/mol. The summed E-state index contributed by atoms with van der Waals surface area (Å²) in [4.78, 5) is 48.0. The molecule has 52 heavy (non-hydrogen) atoms. The van der Waals surface area contributed by atoms with Crippen molar-refractivity contribution in [3.63, 3.8) is 0 Å². The molecular formula is C34H22Cl2F6N6O4. The van der Waals surface area contributed by atoms with Gasteiger partial charge in [0.25, 0.3) is 22.9 Å². The molecule has 10 nitrogen and oxygen atoms in total. The van der Waals surface area contributed by atoms with Crippen molar-refractivity contribution in [2.24, 2.45) is 0 Å². The first-order valence-corrected chi connectivity index (χ1v) is 15.5. The van der Waals surface area contributed by atoms with E-state index in [-0.39, 0.29) is 45.3 Å². The van der Waals surface area contributed by atoms with E-state index in [1.54, 1.807) is 0 Å².